The first-order valence-electron chi connectivity index (χ1n) is 8.69. The van der Waals surface area contributed by atoms with Crippen molar-refractivity contribution in [3.05, 3.63) is 35.1 Å². The van der Waals surface area contributed by atoms with Crippen LogP contribution in [0.5, 0.6) is 0 Å². The molecule has 3 nitrogen and oxygen atoms in total. The van der Waals surface area contributed by atoms with Gasteiger partial charge in [-0.15, -0.1) is 0 Å². The molecule has 0 radical (unpaired) electrons. The van der Waals surface area contributed by atoms with Crippen LogP contribution in [0.3, 0.4) is 0 Å². The maximum Gasteiger partial charge on any atom is 0.224 e. The normalized spacial score (nSPS) is 24.5. The Hall–Kier alpha value is -1.56. The van der Waals surface area contributed by atoms with Gasteiger partial charge in [-0.05, 0) is 50.8 Å². The highest BCUT2D eigenvalue weighted by molar-refractivity contribution is 5.78. The zero-order valence-electron chi connectivity index (χ0n) is 13.7. The van der Waals surface area contributed by atoms with E-state index in [1.165, 1.54) is 19.3 Å². The van der Waals surface area contributed by atoms with Crippen LogP contribution in [-0.4, -0.2) is 36.5 Å². The van der Waals surface area contributed by atoms with E-state index in [1.807, 2.05) is 0 Å². The van der Waals surface area contributed by atoms with Crippen LogP contribution in [0.2, 0.25) is 0 Å². The van der Waals surface area contributed by atoms with Gasteiger partial charge in [-0.25, -0.2) is 13.2 Å². The summed E-state index contributed by atoms with van der Waals surface area (Å²) >= 11 is 0. The number of nitrogens with zero attached hydrogens (tertiary/aromatic N) is 1. The van der Waals surface area contributed by atoms with Crippen LogP contribution in [-0.2, 0) is 11.2 Å². The molecule has 2 heterocycles. The van der Waals surface area contributed by atoms with Crippen LogP contribution in [0.4, 0.5) is 13.2 Å². The minimum atomic E-state index is -1.24. The van der Waals surface area contributed by atoms with Crippen LogP contribution < -0.4 is 5.32 Å². The van der Waals surface area contributed by atoms with Gasteiger partial charge in [-0.1, -0.05) is 6.42 Å². The summed E-state index contributed by atoms with van der Waals surface area (Å²) in [4.78, 5) is 14.6. The molecule has 1 N–H and O–H groups in total. The molecule has 2 aliphatic heterocycles. The Labute approximate surface area is 140 Å². The number of amides is 1. The fourth-order valence-corrected chi connectivity index (χ4v) is 3.99. The number of halogens is 3. The molecular formula is C18H23F3N2O. The lowest BCUT2D eigenvalue weighted by Crippen LogP contribution is -2.51. The second-order valence-corrected chi connectivity index (χ2v) is 6.84. The SMILES string of the molecule is O=C(Cc1cc(F)c(F)cc1F)NC[C@H]1CCCN2CCCC[C@@H]12. The highest BCUT2D eigenvalue weighted by Crippen LogP contribution is 2.30. The number of carbonyl (C=O) groups is 1. The first-order valence-corrected chi connectivity index (χ1v) is 8.69. The molecule has 0 aromatic heterocycles. The minimum absolute atomic E-state index is 0.116. The van der Waals surface area contributed by atoms with Crippen molar-refractivity contribution in [2.45, 2.75) is 44.6 Å². The lowest BCUT2D eigenvalue weighted by atomic mass is 9.83. The first-order chi connectivity index (χ1) is 11.5. The molecule has 0 spiro atoms. The average molecular weight is 340 g/mol. The van der Waals surface area contributed by atoms with Crippen molar-refractivity contribution in [3.8, 4) is 0 Å². The molecular weight excluding hydrogens is 317 g/mol. The molecule has 0 saturated carbocycles. The number of benzene rings is 1. The predicted octanol–water partition coefficient (Wildman–Crippen LogP) is 3.03. The van der Waals surface area contributed by atoms with Gasteiger partial charge in [0.05, 0.1) is 6.42 Å². The quantitative estimate of drug-likeness (QED) is 0.855. The van der Waals surface area contributed by atoms with Crippen molar-refractivity contribution in [3.63, 3.8) is 0 Å². The van der Waals surface area contributed by atoms with Gasteiger partial charge in [0.15, 0.2) is 11.6 Å². The topological polar surface area (TPSA) is 32.3 Å². The van der Waals surface area contributed by atoms with E-state index in [-0.39, 0.29) is 17.9 Å². The van der Waals surface area contributed by atoms with Crippen molar-refractivity contribution >= 4 is 5.91 Å². The maximum absolute atomic E-state index is 13.6. The van der Waals surface area contributed by atoms with Gasteiger partial charge in [0.1, 0.15) is 5.82 Å². The highest BCUT2D eigenvalue weighted by atomic mass is 19.2. The van der Waals surface area contributed by atoms with E-state index in [2.05, 4.69) is 10.2 Å². The van der Waals surface area contributed by atoms with Crippen LogP contribution >= 0.6 is 0 Å². The Morgan fingerprint density at radius 3 is 2.62 bits per heavy atom. The minimum Gasteiger partial charge on any atom is -0.355 e. The van der Waals surface area contributed by atoms with Crippen molar-refractivity contribution in [2.24, 2.45) is 5.92 Å². The summed E-state index contributed by atoms with van der Waals surface area (Å²) in [5, 5.41) is 2.85. The van der Waals surface area contributed by atoms with E-state index in [9.17, 15) is 18.0 Å². The molecule has 2 saturated heterocycles. The van der Waals surface area contributed by atoms with Gasteiger partial charge in [-0.2, -0.15) is 0 Å². The first kappa shape index (κ1) is 17.3. The number of rotatable bonds is 4. The summed E-state index contributed by atoms with van der Waals surface area (Å²) in [7, 11) is 0. The second kappa shape index (κ2) is 7.55. The smallest absolute Gasteiger partial charge is 0.224 e. The van der Waals surface area contributed by atoms with Gasteiger partial charge in [0.2, 0.25) is 5.91 Å². The number of hydrogen-bond acceptors (Lipinski definition) is 2. The molecule has 6 heteroatoms. The van der Waals surface area contributed by atoms with Crippen LogP contribution in [0, 0.1) is 23.4 Å². The monoisotopic (exact) mass is 340 g/mol. The number of carbonyl (C=O) groups excluding carboxylic acids is 1. The number of piperidine rings is 2. The molecule has 2 aliphatic rings. The lowest BCUT2D eigenvalue weighted by Gasteiger charge is -2.44. The fraction of sp³-hybridized carbons (Fsp3) is 0.611. The van der Waals surface area contributed by atoms with E-state index in [4.69, 9.17) is 0 Å². The third kappa shape index (κ3) is 3.91. The van der Waals surface area contributed by atoms with Crippen LogP contribution in [0.15, 0.2) is 12.1 Å². The van der Waals surface area contributed by atoms with Crippen molar-refractivity contribution in [2.75, 3.05) is 19.6 Å². The summed E-state index contributed by atoms with van der Waals surface area (Å²) in [5.41, 5.74) is -0.116. The highest BCUT2D eigenvalue weighted by Gasteiger charge is 2.32. The second-order valence-electron chi connectivity index (χ2n) is 6.84. The van der Waals surface area contributed by atoms with Gasteiger partial charge in [0.25, 0.3) is 0 Å². The van der Waals surface area contributed by atoms with E-state index >= 15 is 0 Å². The molecule has 1 aromatic carbocycles. The van der Waals surface area contributed by atoms with E-state index in [1.54, 1.807) is 0 Å². The third-order valence-corrected chi connectivity index (χ3v) is 5.23. The number of nitrogens with one attached hydrogen (secondary N) is 1. The summed E-state index contributed by atoms with van der Waals surface area (Å²) in [6.45, 7) is 2.83. The van der Waals surface area contributed by atoms with Crippen molar-refractivity contribution in [1.82, 2.24) is 10.2 Å². The summed E-state index contributed by atoms with van der Waals surface area (Å²) in [6.07, 6.45) is 5.58. The van der Waals surface area contributed by atoms with Crippen molar-refractivity contribution in [1.29, 1.82) is 0 Å². The molecule has 2 fully saturated rings. The molecule has 1 amide bonds. The predicted molar refractivity (Wildman–Crippen MR) is 85.0 cm³/mol. The largest absolute Gasteiger partial charge is 0.355 e. The molecule has 0 unspecified atom stereocenters. The standard InChI is InChI=1S/C18H23F3N2O/c19-14-10-16(21)15(20)8-13(14)9-18(24)22-11-12-4-3-7-23-6-2-1-5-17(12)23/h8,10,12,17H,1-7,9,11H2,(H,22,24)/t12-,17+/m1/s1. The molecule has 3 rings (SSSR count). The van der Waals surface area contributed by atoms with Crippen LogP contribution in [0.25, 0.3) is 0 Å². The van der Waals surface area contributed by atoms with Crippen molar-refractivity contribution < 1.29 is 18.0 Å². The zero-order chi connectivity index (χ0) is 17.1. The van der Waals surface area contributed by atoms with Gasteiger partial charge < -0.3 is 10.2 Å². The lowest BCUT2D eigenvalue weighted by molar-refractivity contribution is -0.120. The number of hydrogen-bond donors (Lipinski definition) is 1. The Balaban J connectivity index is 1.54. The van der Waals surface area contributed by atoms with Gasteiger partial charge >= 0.3 is 0 Å². The van der Waals surface area contributed by atoms with E-state index in [0.29, 0.717) is 24.6 Å². The third-order valence-electron chi connectivity index (χ3n) is 5.23. The number of fused-ring (bicyclic) bond motifs is 1. The fourth-order valence-electron chi connectivity index (χ4n) is 3.99. The summed E-state index contributed by atoms with van der Waals surface area (Å²) in [5.74, 6) is -3.20. The Morgan fingerprint density at radius 1 is 1.04 bits per heavy atom. The van der Waals surface area contributed by atoms with E-state index < -0.39 is 17.5 Å². The molecule has 1 aromatic rings. The van der Waals surface area contributed by atoms with Gasteiger partial charge in [0, 0.05) is 24.2 Å². The zero-order valence-corrected chi connectivity index (χ0v) is 13.7. The average Bonchev–Trinajstić information content (AvgIpc) is 2.58. The van der Waals surface area contributed by atoms with Gasteiger partial charge in [-0.3, -0.25) is 4.79 Å². The summed E-state index contributed by atoms with van der Waals surface area (Å²) in [6, 6.07) is 1.76. The summed E-state index contributed by atoms with van der Waals surface area (Å²) < 4.78 is 39.7. The maximum atomic E-state index is 13.6. The Bertz CT molecular complexity index is 606. The molecule has 0 aliphatic carbocycles. The Kier molecular flexibility index (Phi) is 5.43. The van der Waals surface area contributed by atoms with Crippen LogP contribution in [0.1, 0.15) is 37.7 Å². The molecule has 24 heavy (non-hydrogen) atoms. The molecule has 2 atom stereocenters. The Morgan fingerprint density at radius 2 is 1.79 bits per heavy atom. The molecule has 132 valence electrons. The molecule has 0 bridgehead atoms. The van der Waals surface area contributed by atoms with E-state index in [0.717, 1.165) is 32.0 Å².